The second-order valence-electron chi connectivity index (χ2n) is 8.74. The molecule has 1 N–H and O–H groups in total. The topological polar surface area (TPSA) is 98.7 Å². The molecule has 0 radical (unpaired) electrons. The van der Waals surface area contributed by atoms with E-state index in [0.717, 1.165) is 24.9 Å². The Labute approximate surface area is 211 Å². The molecule has 0 saturated carbocycles. The molecule has 1 fully saturated rings. The fourth-order valence-electron chi connectivity index (χ4n) is 4.57. The van der Waals surface area contributed by atoms with E-state index in [1.807, 2.05) is 29.3 Å². The van der Waals surface area contributed by atoms with Crippen LogP contribution in [0.2, 0.25) is 0 Å². The molecular weight excluding hydrogens is 462 g/mol. The van der Waals surface area contributed by atoms with Gasteiger partial charge in [0.05, 0.1) is 45.2 Å². The molecule has 9 heteroatoms. The monoisotopic (exact) mass is 495 g/mol. The third-order valence-electron chi connectivity index (χ3n) is 6.47. The lowest BCUT2D eigenvalue weighted by atomic mass is 10.1. The van der Waals surface area contributed by atoms with E-state index in [1.165, 1.54) is 0 Å². The van der Waals surface area contributed by atoms with Gasteiger partial charge in [-0.05, 0) is 37.8 Å². The molecule has 2 aliphatic heterocycles. The maximum absolute atomic E-state index is 13.0. The molecule has 0 bridgehead atoms. The molecule has 2 heterocycles. The summed E-state index contributed by atoms with van der Waals surface area (Å²) in [5, 5.41) is 2.93. The number of unbranched alkanes of at least 4 members (excludes halogenated alkanes) is 1. The average molecular weight is 496 g/mol. The van der Waals surface area contributed by atoms with Crippen LogP contribution in [0.4, 0.5) is 5.69 Å². The number of amides is 2. The zero-order chi connectivity index (χ0) is 25.5. The predicted molar refractivity (Wildman–Crippen MR) is 136 cm³/mol. The standard InChI is InChI=1S/C27H33N3O6/c1-33-22-10-6-8-18(26(22)35-3)16-29-25(31)11-4-5-13-36-24-15-21-20(14-23(24)34-2)27(32)30-12-7-9-19(30)17-28-21/h6,8,10,14-15,17,19H,4-5,7,9,11-13,16H2,1-3H3,(H,29,31)/t19-/m0/s1. The van der Waals surface area contributed by atoms with E-state index in [2.05, 4.69) is 10.3 Å². The van der Waals surface area contributed by atoms with Gasteiger partial charge in [-0.25, -0.2) is 0 Å². The third-order valence-corrected chi connectivity index (χ3v) is 6.47. The van der Waals surface area contributed by atoms with Gasteiger partial charge >= 0.3 is 0 Å². The highest BCUT2D eigenvalue weighted by Gasteiger charge is 2.32. The van der Waals surface area contributed by atoms with Crippen molar-refractivity contribution in [2.24, 2.45) is 4.99 Å². The Morgan fingerprint density at radius 1 is 1.08 bits per heavy atom. The number of para-hydroxylation sites is 1. The number of hydrogen-bond donors (Lipinski definition) is 1. The quantitative estimate of drug-likeness (QED) is 0.475. The number of nitrogens with zero attached hydrogens (tertiary/aromatic N) is 2. The normalized spacial score (nSPS) is 16.1. The van der Waals surface area contributed by atoms with Crippen LogP contribution in [0.3, 0.4) is 0 Å². The van der Waals surface area contributed by atoms with Crippen LogP contribution in [-0.2, 0) is 11.3 Å². The number of aliphatic imine (C=N–C) groups is 1. The van der Waals surface area contributed by atoms with Crippen LogP contribution < -0.4 is 24.3 Å². The van der Waals surface area contributed by atoms with Crippen molar-refractivity contribution in [3.63, 3.8) is 0 Å². The van der Waals surface area contributed by atoms with Gasteiger partial charge in [0, 0.05) is 37.4 Å². The first-order valence-corrected chi connectivity index (χ1v) is 12.2. The first kappa shape index (κ1) is 25.3. The minimum atomic E-state index is -0.0455. The molecule has 2 amide bonds. The third kappa shape index (κ3) is 5.56. The summed E-state index contributed by atoms with van der Waals surface area (Å²) >= 11 is 0. The van der Waals surface area contributed by atoms with Gasteiger partial charge in [0.2, 0.25) is 5.91 Å². The summed E-state index contributed by atoms with van der Waals surface area (Å²) in [6, 6.07) is 9.10. The second-order valence-corrected chi connectivity index (χ2v) is 8.74. The molecule has 2 aromatic carbocycles. The van der Waals surface area contributed by atoms with E-state index in [9.17, 15) is 9.59 Å². The lowest BCUT2D eigenvalue weighted by molar-refractivity contribution is -0.121. The fraction of sp³-hybridized carbons (Fsp3) is 0.444. The van der Waals surface area contributed by atoms with Gasteiger partial charge in [-0.2, -0.15) is 0 Å². The highest BCUT2D eigenvalue weighted by molar-refractivity contribution is 6.03. The highest BCUT2D eigenvalue weighted by atomic mass is 16.5. The maximum atomic E-state index is 13.0. The van der Waals surface area contributed by atoms with Gasteiger partial charge in [-0.1, -0.05) is 12.1 Å². The average Bonchev–Trinajstić information content (AvgIpc) is 3.33. The maximum Gasteiger partial charge on any atom is 0.256 e. The molecule has 192 valence electrons. The molecule has 36 heavy (non-hydrogen) atoms. The van der Waals surface area contributed by atoms with Crippen molar-refractivity contribution in [2.45, 2.75) is 44.7 Å². The van der Waals surface area contributed by atoms with E-state index >= 15 is 0 Å². The molecule has 0 aliphatic carbocycles. The largest absolute Gasteiger partial charge is 0.493 e. The van der Waals surface area contributed by atoms with E-state index in [0.29, 0.717) is 66.7 Å². The van der Waals surface area contributed by atoms with Gasteiger partial charge in [-0.15, -0.1) is 0 Å². The molecule has 0 spiro atoms. The zero-order valence-corrected chi connectivity index (χ0v) is 21.0. The number of carbonyl (C=O) groups is 2. The molecule has 1 saturated heterocycles. The van der Waals surface area contributed by atoms with Crippen LogP contribution >= 0.6 is 0 Å². The number of hydrogen-bond acceptors (Lipinski definition) is 7. The number of ether oxygens (including phenoxy) is 4. The zero-order valence-electron chi connectivity index (χ0n) is 21.0. The lowest BCUT2D eigenvalue weighted by Gasteiger charge is -2.20. The molecule has 0 unspecified atom stereocenters. The van der Waals surface area contributed by atoms with Gasteiger partial charge in [0.15, 0.2) is 23.0 Å². The highest BCUT2D eigenvalue weighted by Crippen LogP contribution is 2.38. The van der Waals surface area contributed by atoms with E-state index < -0.39 is 0 Å². The number of methoxy groups -OCH3 is 3. The van der Waals surface area contributed by atoms with Gasteiger partial charge < -0.3 is 29.2 Å². The second kappa shape index (κ2) is 11.8. The van der Waals surface area contributed by atoms with Crippen molar-refractivity contribution in [1.29, 1.82) is 0 Å². The first-order chi connectivity index (χ1) is 17.5. The summed E-state index contributed by atoms with van der Waals surface area (Å²) in [6.07, 6.45) is 5.52. The number of fused-ring (bicyclic) bond motifs is 2. The molecular formula is C27H33N3O6. The molecule has 9 nitrogen and oxygen atoms in total. The fourth-order valence-corrected chi connectivity index (χ4v) is 4.57. The van der Waals surface area contributed by atoms with Crippen LogP contribution in [0.5, 0.6) is 23.0 Å². The summed E-state index contributed by atoms with van der Waals surface area (Å²) < 4.78 is 22.1. The van der Waals surface area contributed by atoms with Crippen molar-refractivity contribution in [1.82, 2.24) is 10.2 Å². The van der Waals surface area contributed by atoms with Crippen LogP contribution in [-0.4, -0.2) is 63.5 Å². The molecule has 4 rings (SSSR count). The first-order valence-electron chi connectivity index (χ1n) is 12.2. The molecule has 2 aliphatic rings. The summed E-state index contributed by atoms with van der Waals surface area (Å²) in [6.45, 7) is 1.52. The Bertz CT molecular complexity index is 1130. The van der Waals surface area contributed by atoms with E-state index in [-0.39, 0.29) is 17.9 Å². The van der Waals surface area contributed by atoms with Gasteiger partial charge in [-0.3, -0.25) is 14.6 Å². The summed E-state index contributed by atoms with van der Waals surface area (Å²) in [4.78, 5) is 31.7. The minimum Gasteiger partial charge on any atom is -0.493 e. The number of carbonyl (C=O) groups excluding carboxylic acids is 2. The van der Waals surface area contributed by atoms with Crippen LogP contribution in [0.15, 0.2) is 35.3 Å². The Morgan fingerprint density at radius 3 is 2.69 bits per heavy atom. The van der Waals surface area contributed by atoms with Crippen molar-refractivity contribution >= 4 is 23.7 Å². The molecule has 1 atom stereocenters. The Morgan fingerprint density at radius 2 is 1.92 bits per heavy atom. The number of rotatable bonds is 11. The summed E-state index contributed by atoms with van der Waals surface area (Å²) in [5.41, 5.74) is 1.98. The Hall–Kier alpha value is -3.75. The summed E-state index contributed by atoms with van der Waals surface area (Å²) in [7, 11) is 4.72. The van der Waals surface area contributed by atoms with Crippen LogP contribution in [0.1, 0.15) is 48.0 Å². The van der Waals surface area contributed by atoms with Gasteiger partial charge in [0.1, 0.15) is 0 Å². The lowest BCUT2D eigenvalue weighted by Crippen LogP contribution is -2.35. The van der Waals surface area contributed by atoms with Gasteiger partial charge in [0.25, 0.3) is 5.91 Å². The van der Waals surface area contributed by atoms with Crippen LogP contribution in [0, 0.1) is 0 Å². The van der Waals surface area contributed by atoms with E-state index in [1.54, 1.807) is 33.5 Å². The van der Waals surface area contributed by atoms with Crippen molar-refractivity contribution in [3.05, 3.63) is 41.5 Å². The minimum absolute atomic E-state index is 0.0209. The van der Waals surface area contributed by atoms with E-state index in [4.69, 9.17) is 18.9 Å². The van der Waals surface area contributed by atoms with Crippen molar-refractivity contribution < 1.29 is 28.5 Å². The predicted octanol–water partition coefficient (Wildman–Crippen LogP) is 3.90. The van der Waals surface area contributed by atoms with Crippen molar-refractivity contribution in [2.75, 3.05) is 34.5 Å². The Kier molecular flexibility index (Phi) is 8.30. The number of nitrogens with one attached hydrogen (secondary N) is 1. The molecule has 2 aromatic rings. The van der Waals surface area contributed by atoms with Crippen molar-refractivity contribution in [3.8, 4) is 23.0 Å². The smallest absolute Gasteiger partial charge is 0.256 e. The number of benzene rings is 2. The Balaban J connectivity index is 1.26. The SMILES string of the molecule is COc1cc2c(cc1OCCCCC(=O)NCc1cccc(OC)c1OC)N=C[C@@H]1CCCN1C2=O. The molecule has 0 aromatic heterocycles. The summed E-state index contributed by atoms with van der Waals surface area (Å²) in [5.74, 6) is 2.22. The van der Waals surface area contributed by atoms with Crippen LogP contribution in [0.25, 0.3) is 0 Å².